The van der Waals surface area contributed by atoms with E-state index < -0.39 is 0 Å². The molecule has 0 radical (unpaired) electrons. The number of benzene rings is 1. The number of aromatic nitrogens is 1. The van der Waals surface area contributed by atoms with Gasteiger partial charge in [-0.15, -0.1) is 0 Å². The van der Waals surface area contributed by atoms with Crippen LogP contribution in [0.15, 0.2) is 47.7 Å². The number of nitrogens with zero attached hydrogens (tertiary/aromatic N) is 4. The van der Waals surface area contributed by atoms with Crippen molar-refractivity contribution in [3.05, 3.63) is 53.3 Å². The molecule has 0 spiro atoms. The molecule has 1 fully saturated rings. The summed E-state index contributed by atoms with van der Waals surface area (Å²) < 4.78 is 5.90. The number of rotatable bonds is 6. The minimum atomic E-state index is 0.0668. The van der Waals surface area contributed by atoms with E-state index in [1.54, 1.807) is 6.20 Å². The van der Waals surface area contributed by atoms with Crippen LogP contribution in [0.25, 0.3) is 6.20 Å². The molecule has 136 valence electrons. The van der Waals surface area contributed by atoms with E-state index in [9.17, 15) is 0 Å². The smallest absolute Gasteiger partial charge is 0.122 e. The second-order valence-corrected chi connectivity index (χ2v) is 6.98. The average molecular weight is 350 g/mol. The van der Waals surface area contributed by atoms with Gasteiger partial charge in [0.15, 0.2) is 0 Å². The van der Waals surface area contributed by atoms with Crippen LogP contribution in [-0.2, 0) is 0 Å². The Kier molecular flexibility index (Phi) is 5.16. The molecule has 2 aliphatic rings. The first-order valence-corrected chi connectivity index (χ1v) is 9.53. The summed E-state index contributed by atoms with van der Waals surface area (Å²) in [5.41, 5.74) is 1.11. The molecule has 3 heterocycles. The molecule has 1 aromatic carbocycles. The summed E-state index contributed by atoms with van der Waals surface area (Å²) in [5.74, 6) is 0.929. The molecule has 0 N–H and O–H groups in total. The highest BCUT2D eigenvalue weighted by atomic mass is 16.5. The lowest BCUT2D eigenvalue weighted by molar-refractivity contribution is 0.263. The Balaban J connectivity index is 1.36. The fraction of sp³-hybridized carbons (Fsp3) is 0.429. The first-order chi connectivity index (χ1) is 12.8. The fourth-order valence-corrected chi connectivity index (χ4v) is 3.63. The quantitative estimate of drug-likeness (QED) is 0.749. The van der Waals surface area contributed by atoms with E-state index in [-0.39, 0.29) is 6.17 Å². The zero-order valence-electron chi connectivity index (χ0n) is 15.3. The molecule has 0 amide bonds. The normalized spacial score (nSPS) is 19.6. The number of hydrogen-bond acceptors (Lipinski definition) is 5. The zero-order chi connectivity index (χ0) is 17.8. The second-order valence-electron chi connectivity index (χ2n) is 6.98. The van der Waals surface area contributed by atoms with E-state index in [1.165, 1.54) is 25.9 Å². The molecule has 0 aliphatic carbocycles. The summed E-state index contributed by atoms with van der Waals surface area (Å²) in [6.07, 6.45) is 9.61. The van der Waals surface area contributed by atoms with E-state index in [0.717, 1.165) is 41.6 Å². The summed E-state index contributed by atoms with van der Waals surface area (Å²) in [6.45, 7) is 6.53. The topological polar surface area (TPSA) is 41.0 Å². The van der Waals surface area contributed by atoms with Crippen LogP contribution in [0.5, 0.6) is 5.75 Å². The summed E-state index contributed by atoms with van der Waals surface area (Å²) in [7, 11) is 0. The molecule has 2 aromatic rings. The van der Waals surface area contributed by atoms with Gasteiger partial charge in [-0.25, -0.2) is 0 Å². The highest BCUT2D eigenvalue weighted by Gasteiger charge is 2.14. The van der Waals surface area contributed by atoms with E-state index >= 15 is 0 Å². The SMILES string of the molecule is CC1N=c2ccncc2=CN1c1ccc(OCCCN2CCCC2)cc1. The van der Waals surface area contributed by atoms with Gasteiger partial charge in [0.25, 0.3) is 0 Å². The summed E-state index contributed by atoms with van der Waals surface area (Å²) in [4.78, 5) is 13.6. The summed E-state index contributed by atoms with van der Waals surface area (Å²) >= 11 is 0. The van der Waals surface area contributed by atoms with Gasteiger partial charge in [0.1, 0.15) is 11.9 Å². The molecule has 26 heavy (non-hydrogen) atoms. The highest BCUT2D eigenvalue weighted by Crippen LogP contribution is 2.22. The van der Waals surface area contributed by atoms with E-state index in [0.29, 0.717) is 0 Å². The van der Waals surface area contributed by atoms with Gasteiger partial charge in [-0.2, -0.15) is 0 Å². The molecule has 1 atom stereocenters. The molecular formula is C21H26N4O. The van der Waals surface area contributed by atoms with Crippen molar-refractivity contribution >= 4 is 11.9 Å². The minimum Gasteiger partial charge on any atom is -0.494 e. The lowest BCUT2D eigenvalue weighted by atomic mass is 10.2. The van der Waals surface area contributed by atoms with Gasteiger partial charge in [0.2, 0.25) is 0 Å². The molecule has 5 nitrogen and oxygen atoms in total. The Bertz CT molecular complexity index is 843. The van der Waals surface area contributed by atoms with Crippen LogP contribution < -0.4 is 20.2 Å². The Hall–Kier alpha value is -2.40. The first-order valence-electron chi connectivity index (χ1n) is 9.53. The monoisotopic (exact) mass is 350 g/mol. The fourth-order valence-electron chi connectivity index (χ4n) is 3.63. The lowest BCUT2D eigenvalue weighted by Gasteiger charge is -2.27. The second kappa shape index (κ2) is 7.87. The third kappa shape index (κ3) is 3.88. The number of ether oxygens (including phenoxy) is 1. The third-order valence-corrected chi connectivity index (χ3v) is 5.06. The largest absolute Gasteiger partial charge is 0.494 e. The predicted molar refractivity (Wildman–Crippen MR) is 104 cm³/mol. The van der Waals surface area contributed by atoms with Crippen molar-refractivity contribution in [1.82, 2.24) is 9.88 Å². The molecular weight excluding hydrogens is 324 g/mol. The van der Waals surface area contributed by atoms with Gasteiger partial charge in [0, 0.05) is 36.0 Å². The molecule has 1 aromatic heterocycles. The maximum Gasteiger partial charge on any atom is 0.122 e. The molecule has 5 heteroatoms. The van der Waals surface area contributed by atoms with E-state index in [2.05, 4.69) is 40.0 Å². The van der Waals surface area contributed by atoms with Crippen molar-refractivity contribution in [2.45, 2.75) is 32.4 Å². The van der Waals surface area contributed by atoms with Crippen LogP contribution in [0.3, 0.4) is 0 Å². The van der Waals surface area contributed by atoms with Gasteiger partial charge in [-0.05, 0) is 69.6 Å². The molecule has 4 rings (SSSR count). The van der Waals surface area contributed by atoms with Crippen molar-refractivity contribution in [1.29, 1.82) is 0 Å². The summed E-state index contributed by atoms with van der Waals surface area (Å²) in [6, 6.07) is 10.2. The maximum absolute atomic E-state index is 5.90. The number of fused-ring (bicyclic) bond motifs is 1. The van der Waals surface area contributed by atoms with Crippen LogP contribution in [0.1, 0.15) is 26.2 Å². The standard InChI is InChI=1S/C21H26N4O/c1-17-23-21-9-10-22-15-18(21)16-25(17)19-5-7-20(8-6-19)26-14-4-13-24-11-2-3-12-24/h5-10,15-17H,2-4,11-14H2,1H3. The summed E-state index contributed by atoms with van der Waals surface area (Å²) in [5, 5.41) is 2.05. The molecule has 0 saturated carbocycles. The predicted octanol–water partition coefficient (Wildman–Crippen LogP) is 2.17. The Morgan fingerprint density at radius 1 is 1.12 bits per heavy atom. The van der Waals surface area contributed by atoms with Gasteiger partial charge >= 0.3 is 0 Å². The van der Waals surface area contributed by atoms with Gasteiger partial charge < -0.3 is 14.5 Å². The highest BCUT2D eigenvalue weighted by molar-refractivity contribution is 5.60. The van der Waals surface area contributed by atoms with Crippen LogP contribution in [0, 0.1) is 0 Å². The van der Waals surface area contributed by atoms with Crippen molar-refractivity contribution < 1.29 is 4.74 Å². The van der Waals surface area contributed by atoms with Crippen molar-refractivity contribution in [3.63, 3.8) is 0 Å². The first kappa shape index (κ1) is 17.0. The minimum absolute atomic E-state index is 0.0668. The van der Waals surface area contributed by atoms with Crippen LogP contribution >= 0.6 is 0 Å². The van der Waals surface area contributed by atoms with E-state index in [4.69, 9.17) is 9.73 Å². The van der Waals surface area contributed by atoms with Gasteiger partial charge in [0.05, 0.1) is 12.0 Å². The lowest BCUT2D eigenvalue weighted by Crippen LogP contribution is -2.40. The van der Waals surface area contributed by atoms with Crippen molar-refractivity contribution in [2.75, 3.05) is 31.1 Å². The zero-order valence-corrected chi connectivity index (χ0v) is 15.3. The number of likely N-dealkylation sites (tertiary alicyclic amines) is 1. The average Bonchev–Trinajstić information content (AvgIpc) is 3.19. The number of pyridine rings is 1. The Labute approximate surface area is 154 Å². The number of anilines is 1. The molecule has 0 bridgehead atoms. The van der Waals surface area contributed by atoms with Crippen LogP contribution in [-0.4, -0.2) is 42.3 Å². The van der Waals surface area contributed by atoms with Gasteiger partial charge in [-0.3, -0.25) is 9.98 Å². The van der Waals surface area contributed by atoms with E-state index in [1.807, 2.05) is 24.4 Å². The van der Waals surface area contributed by atoms with Crippen molar-refractivity contribution in [2.24, 2.45) is 4.99 Å². The van der Waals surface area contributed by atoms with Crippen LogP contribution in [0.4, 0.5) is 5.69 Å². The Morgan fingerprint density at radius 3 is 2.73 bits per heavy atom. The molecule has 1 saturated heterocycles. The third-order valence-electron chi connectivity index (χ3n) is 5.06. The number of hydrogen-bond donors (Lipinski definition) is 0. The molecule has 2 aliphatic heterocycles. The van der Waals surface area contributed by atoms with Crippen molar-refractivity contribution in [3.8, 4) is 5.75 Å². The maximum atomic E-state index is 5.90. The van der Waals surface area contributed by atoms with Crippen LogP contribution in [0.2, 0.25) is 0 Å². The van der Waals surface area contributed by atoms with Gasteiger partial charge in [-0.1, -0.05) is 0 Å². The molecule has 1 unspecified atom stereocenters. The Morgan fingerprint density at radius 2 is 1.92 bits per heavy atom.